The van der Waals surface area contributed by atoms with E-state index in [-0.39, 0.29) is 11.4 Å². The summed E-state index contributed by atoms with van der Waals surface area (Å²) < 4.78 is 13.0. The molecule has 4 heteroatoms. The number of rotatable bonds is 3. The zero-order valence-electron chi connectivity index (χ0n) is 11.4. The van der Waals surface area contributed by atoms with Crippen molar-refractivity contribution in [2.75, 3.05) is 0 Å². The molecule has 0 unspecified atom stereocenters. The summed E-state index contributed by atoms with van der Waals surface area (Å²) >= 11 is 0. The first-order chi connectivity index (χ1) is 9.29. The molecule has 0 radical (unpaired) electrons. The minimum absolute atomic E-state index is 0.258. The van der Waals surface area contributed by atoms with Gasteiger partial charge in [0.2, 0.25) is 0 Å². The van der Waals surface area contributed by atoms with E-state index < -0.39 is 5.79 Å². The molecule has 1 aromatic carbocycles. The lowest BCUT2D eigenvalue weighted by molar-refractivity contribution is -0.152. The van der Waals surface area contributed by atoms with E-state index in [0.29, 0.717) is 17.0 Å². The second-order valence-corrected chi connectivity index (χ2v) is 4.90. The molecule has 0 aliphatic rings. The van der Waals surface area contributed by atoms with Gasteiger partial charge in [-0.1, -0.05) is 6.58 Å². The standard InChI is InChI=1S/C16H16FNO2/c1-10(2)14-9-8-13(16(3,19)20)15(18-14)11-4-6-12(17)7-5-11/h4-9,19-20H,1H2,2-3H3. The largest absolute Gasteiger partial charge is 0.362 e. The number of nitrogens with zero attached hydrogens (tertiary/aromatic N) is 1. The van der Waals surface area contributed by atoms with Crippen molar-refractivity contribution in [3.63, 3.8) is 0 Å². The van der Waals surface area contributed by atoms with E-state index >= 15 is 0 Å². The van der Waals surface area contributed by atoms with Crippen LogP contribution in [0.4, 0.5) is 4.39 Å². The van der Waals surface area contributed by atoms with Crippen molar-refractivity contribution in [2.24, 2.45) is 0 Å². The van der Waals surface area contributed by atoms with Crippen LogP contribution in [0.1, 0.15) is 25.1 Å². The summed E-state index contributed by atoms with van der Waals surface area (Å²) in [5, 5.41) is 19.7. The van der Waals surface area contributed by atoms with Crippen LogP contribution in [0.25, 0.3) is 16.8 Å². The maximum atomic E-state index is 13.0. The van der Waals surface area contributed by atoms with Gasteiger partial charge in [0, 0.05) is 11.1 Å². The van der Waals surface area contributed by atoms with Crippen molar-refractivity contribution >= 4 is 5.57 Å². The number of benzene rings is 1. The van der Waals surface area contributed by atoms with E-state index in [4.69, 9.17) is 0 Å². The smallest absolute Gasteiger partial charge is 0.188 e. The first-order valence-electron chi connectivity index (χ1n) is 6.17. The summed E-state index contributed by atoms with van der Waals surface area (Å²) in [4.78, 5) is 4.40. The lowest BCUT2D eigenvalue weighted by atomic mass is 9.99. The van der Waals surface area contributed by atoms with E-state index in [1.807, 2.05) is 6.92 Å². The van der Waals surface area contributed by atoms with Crippen LogP contribution in [-0.2, 0) is 5.79 Å². The van der Waals surface area contributed by atoms with Crippen molar-refractivity contribution < 1.29 is 14.6 Å². The molecule has 0 spiro atoms. The molecule has 1 aromatic heterocycles. The third-order valence-corrected chi connectivity index (χ3v) is 2.96. The van der Waals surface area contributed by atoms with E-state index in [0.717, 1.165) is 5.57 Å². The molecule has 2 rings (SSSR count). The Labute approximate surface area is 117 Å². The Hall–Kier alpha value is -2.04. The Morgan fingerprint density at radius 3 is 2.25 bits per heavy atom. The van der Waals surface area contributed by atoms with Gasteiger partial charge < -0.3 is 10.2 Å². The second kappa shape index (κ2) is 5.15. The minimum Gasteiger partial charge on any atom is -0.362 e. The number of pyridine rings is 1. The van der Waals surface area contributed by atoms with Gasteiger partial charge in [0.15, 0.2) is 5.79 Å². The van der Waals surface area contributed by atoms with Crippen LogP contribution in [0, 0.1) is 5.82 Å². The lowest BCUT2D eigenvalue weighted by Gasteiger charge is -2.20. The van der Waals surface area contributed by atoms with Crippen LogP contribution in [0.5, 0.6) is 0 Å². The molecular formula is C16H16FNO2. The molecule has 0 aliphatic heterocycles. The maximum absolute atomic E-state index is 13.0. The Kier molecular flexibility index (Phi) is 3.70. The molecule has 0 amide bonds. The quantitative estimate of drug-likeness (QED) is 0.845. The molecular weight excluding hydrogens is 257 g/mol. The van der Waals surface area contributed by atoms with Crippen LogP contribution in [0.2, 0.25) is 0 Å². The fourth-order valence-electron chi connectivity index (χ4n) is 1.91. The zero-order chi connectivity index (χ0) is 14.9. The topological polar surface area (TPSA) is 53.4 Å². The maximum Gasteiger partial charge on any atom is 0.188 e. The van der Waals surface area contributed by atoms with Crippen molar-refractivity contribution in [3.05, 3.63) is 60.1 Å². The second-order valence-electron chi connectivity index (χ2n) is 4.90. The van der Waals surface area contributed by atoms with Crippen LogP contribution in [-0.4, -0.2) is 15.2 Å². The molecule has 0 saturated heterocycles. The average Bonchev–Trinajstić information content (AvgIpc) is 2.37. The normalized spacial score (nSPS) is 11.4. The molecule has 0 fully saturated rings. The van der Waals surface area contributed by atoms with Gasteiger partial charge in [0.25, 0.3) is 0 Å². The van der Waals surface area contributed by atoms with Gasteiger partial charge in [-0.25, -0.2) is 9.37 Å². The highest BCUT2D eigenvalue weighted by molar-refractivity contribution is 5.68. The van der Waals surface area contributed by atoms with Gasteiger partial charge in [-0.2, -0.15) is 0 Å². The Balaban J connectivity index is 2.66. The molecule has 20 heavy (non-hydrogen) atoms. The summed E-state index contributed by atoms with van der Waals surface area (Å²) in [6.07, 6.45) is 0. The third-order valence-electron chi connectivity index (χ3n) is 2.96. The van der Waals surface area contributed by atoms with Gasteiger partial charge in [-0.15, -0.1) is 0 Å². The number of allylic oxidation sites excluding steroid dienone is 1. The molecule has 0 saturated carbocycles. The Morgan fingerprint density at radius 2 is 1.75 bits per heavy atom. The number of aromatic nitrogens is 1. The van der Waals surface area contributed by atoms with Gasteiger partial charge in [0.05, 0.1) is 11.4 Å². The molecule has 0 aliphatic carbocycles. The summed E-state index contributed by atoms with van der Waals surface area (Å²) in [5.41, 5.74) is 2.68. The summed E-state index contributed by atoms with van der Waals surface area (Å²) in [7, 11) is 0. The number of hydrogen-bond acceptors (Lipinski definition) is 3. The van der Waals surface area contributed by atoms with Crippen molar-refractivity contribution in [2.45, 2.75) is 19.6 Å². The molecule has 0 bridgehead atoms. The van der Waals surface area contributed by atoms with E-state index in [2.05, 4.69) is 11.6 Å². The highest BCUT2D eigenvalue weighted by Crippen LogP contribution is 2.30. The van der Waals surface area contributed by atoms with Crippen LogP contribution in [0.15, 0.2) is 43.0 Å². The highest BCUT2D eigenvalue weighted by atomic mass is 19.1. The Bertz CT molecular complexity index is 643. The van der Waals surface area contributed by atoms with Crippen LogP contribution >= 0.6 is 0 Å². The highest BCUT2D eigenvalue weighted by Gasteiger charge is 2.24. The first-order valence-corrected chi connectivity index (χ1v) is 6.17. The monoisotopic (exact) mass is 273 g/mol. The fraction of sp³-hybridized carbons (Fsp3) is 0.188. The summed E-state index contributed by atoms with van der Waals surface area (Å²) in [6.45, 7) is 6.89. The van der Waals surface area contributed by atoms with E-state index in [9.17, 15) is 14.6 Å². The van der Waals surface area contributed by atoms with E-state index in [1.165, 1.54) is 19.1 Å². The lowest BCUT2D eigenvalue weighted by Crippen LogP contribution is -2.21. The minimum atomic E-state index is -2.02. The van der Waals surface area contributed by atoms with Crippen molar-refractivity contribution in [1.29, 1.82) is 0 Å². The molecule has 1 heterocycles. The predicted molar refractivity (Wildman–Crippen MR) is 76.1 cm³/mol. The van der Waals surface area contributed by atoms with Crippen LogP contribution < -0.4 is 0 Å². The fourth-order valence-corrected chi connectivity index (χ4v) is 1.91. The third kappa shape index (κ3) is 2.92. The molecule has 2 N–H and O–H groups in total. The molecule has 3 nitrogen and oxygen atoms in total. The SMILES string of the molecule is C=C(C)c1ccc(C(C)(O)O)c(-c2ccc(F)cc2)n1. The number of aliphatic hydroxyl groups is 2. The van der Waals surface area contributed by atoms with E-state index in [1.54, 1.807) is 24.3 Å². The number of hydrogen-bond donors (Lipinski definition) is 2. The Morgan fingerprint density at radius 1 is 1.15 bits per heavy atom. The van der Waals surface area contributed by atoms with Crippen molar-refractivity contribution in [3.8, 4) is 11.3 Å². The summed E-state index contributed by atoms with van der Waals surface area (Å²) in [5.74, 6) is -2.38. The van der Waals surface area contributed by atoms with Gasteiger partial charge in [-0.05, 0) is 55.8 Å². The zero-order valence-corrected chi connectivity index (χ0v) is 11.4. The molecule has 0 atom stereocenters. The van der Waals surface area contributed by atoms with Crippen molar-refractivity contribution in [1.82, 2.24) is 4.98 Å². The molecule has 104 valence electrons. The average molecular weight is 273 g/mol. The van der Waals surface area contributed by atoms with Gasteiger partial charge in [0.1, 0.15) is 5.82 Å². The van der Waals surface area contributed by atoms with Gasteiger partial charge >= 0.3 is 0 Å². The predicted octanol–water partition coefficient (Wildman–Crippen LogP) is 3.08. The van der Waals surface area contributed by atoms with Crippen LogP contribution in [0.3, 0.4) is 0 Å². The summed E-state index contributed by atoms with van der Waals surface area (Å²) in [6, 6.07) is 8.98. The van der Waals surface area contributed by atoms with Gasteiger partial charge in [-0.3, -0.25) is 0 Å². The first kappa shape index (κ1) is 14.4. The number of halogens is 1. The molecule has 2 aromatic rings.